The maximum atomic E-state index is 9.49. The predicted molar refractivity (Wildman–Crippen MR) is 109 cm³/mol. The minimum Gasteiger partial charge on any atom is -0.454 e. The van der Waals surface area contributed by atoms with Crippen molar-refractivity contribution in [3.05, 3.63) is 84.2 Å². The fraction of sp³-hybridized carbons (Fsp3) is 0.0833. The maximum Gasteiger partial charge on any atom is 0.297 e. The van der Waals surface area contributed by atoms with Crippen LogP contribution in [0.5, 0.6) is 0 Å². The molecule has 0 atom stereocenters. The van der Waals surface area contributed by atoms with Crippen molar-refractivity contribution in [1.29, 1.82) is 5.26 Å². The first-order valence-corrected chi connectivity index (χ1v) is 9.17. The van der Waals surface area contributed by atoms with E-state index in [0.29, 0.717) is 11.1 Å². The van der Waals surface area contributed by atoms with Gasteiger partial charge >= 0.3 is 0 Å². The second-order valence-electron chi connectivity index (χ2n) is 6.97. The van der Waals surface area contributed by atoms with E-state index < -0.39 is 0 Å². The molecule has 0 fully saturated rings. The average molecular weight is 364 g/mol. The number of rotatable bonds is 2. The number of nitriles is 1. The van der Waals surface area contributed by atoms with Crippen LogP contribution in [0.3, 0.4) is 0 Å². The van der Waals surface area contributed by atoms with E-state index in [0.717, 1.165) is 39.0 Å². The van der Waals surface area contributed by atoms with E-state index in [-0.39, 0.29) is 0 Å². The Morgan fingerprint density at radius 1 is 0.929 bits per heavy atom. The van der Waals surface area contributed by atoms with Crippen LogP contribution in [0, 0.1) is 18.3 Å². The van der Waals surface area contributed by atoms with Crippen molar-refractivity contribution in [1.82, 2.24) is 4.57 Å². The molecule has 5 aromatic rings. The Bertz CT molecular complexity index is 1380. The maximum absolute atomic E-state index is 9.49. The zero-order chi connectivity index (χ0) is 19.3. The number of imidazole rings is 1. The van der Waals surface area contributed by atoms with Crippen molar-refractivity contribution in [2.45, 2.75) is 6.92 Å². The summed E-state index contributed by atoms with van der Waals surface area (Å²) in [7, 11) is 2.04. The Kier molecular flexibility index (Phi) is 3.56. The summed E-state index contributed by atoms with van der Waals surface area (Å²) in [5.41, 5.74) is 5.26. The quantitative estimate of drug-likeness (QED) is 0.412. The molecular formula is C24H18N3O+. The third kappa shape index (κ3) is 2.27. The first-order chi connectivity index (χ1) is 13.7. The molecule has 0 saturated carbocycles. The summed E-state index contributed by atoms with van der Waals surface area (Å²) in [5, 5.41) is 11.5. The van der Waals surface area contributed by atoms with Gasteiger partial charge in [-0.25, -0.2) is 4.57 Å². The molecule has 0 aliphatic carbocycles. The van der Waals surface area contributed by atoms with Crippen LogP contribution in [0.4, 0.5) is 0 Å². The topological polar surface area (TPSA) is 45.7 Å². The Morgan fingerprint density at radius 3 is 2.50 bits per heavy atom. The van der Waals surface area contributed by atoms with Gasteiger partial charge in [-0.3, -0.25) is 0 Å². The first-order valence-electron chi connectivity index (χ1n) is 9.17. The van der Waals surface area contributed by atoms with E-state index in [2.05, 4.69) is 52.6 Å². The molecular weight excluding hydrogens is 346 g/mol. The highest BCUT2D eigenvalue weighted by molar-refractivity contribution is 6.10. The van der Waals surface area contributed by atoms with E-state index in [9.17, 15) is 5.26 Å². The molecule has 0 amide bonds. The predicted octanol–water partition coefficient (Wildman–Crippen LogP) is 5.05. The molecule has 4 nitrogen and oxygen atoms in total. The summed E-state index contributed by atoms with van der Waals surface area (Å²) in [4.78, 5) is 0. The lowest BCUT2D eigenvalue weighted by atomic mass is 10.0. The fourth-order valence-electron chi connectivity index (χ4n) is 3.90. The largest absolute Gasteiger partial charge is 0.454 e. The van der Waals surface area contributed by atoms with Crippen molar-refractivity contribution in [3.63, 3.8) is 0 Å². The lowest BCUT2D eigenvalue weighted by molar-refractivity contribution is -0.659. The van der Waals surface area contributed by atoms with Gasteiger partial charge in [-0.15, -0.1) is 0 Å². The summed E-state index contributed by atoms with van der Waals surface area (Å²) in [6.45, 7) is 2.09. The minimum absolute atomic E-state index is 0.556. The van der Waals surface area contributed by atoms with Crippen molar-refractivity contribution in [2.24, 2.45) is 7.05 Å². The molecule has 0 unspecified atom stereocenters. The lowest BCUT2D eigenvalue weighted by Gasteiger charge is -2.07. The van der Waals surface area contributed by atoms with Crippen molar-refractivity contribution >= 4 is 21.9 Å². The number of hydrogen-bond donors (Lipinski definition) is 0. The highest BCUT2D eigenvalue weighted by Crippen LogP contribution is 2.38. The van der Waals surface area contributed by atoms with Gasteiger partial charge < -0.3 is 4.42 Å². The van der Waals surface area contributed by atoms with Gasteiger partial charge in [0, 0.05) is 10.8 Å². The zero-order valence-electron chi connectivity index (χ0n) is 15.7. The molecule has 0 aliphatic heterocycles. The Morgan fingerprint density at radius 2 is 1.71 bits per heavy atom. The van der Waals surface area contributed by atoms with E-state index in [1.165, 1.54) is 0 Å². The molecule has 0 saturated heterocycles. The van der Waals surface area contributed by atoms with Gasteiger partial charge in [-0.05, 0) is 30.7 Å². The molecule has 2 heterocycles. The molecule has 0 N–H and O–H groups in total. The van der Waals surface area contributed by atoms with Crippen LogP contribution < -0.4 is 4.57 Å². The van der Waals surface area contributed by atoms with Crippen molar-refractivity contribution in [3.8, 4) is 23.1 Å². The number of aryl methyl sites for hydroxylation is 2. The molecule has 4 heteroatoms. The SMILES string of the molecule is Cc1ccc2c(oc3c(C#N)cccc32)c1-c1n(-c2ccccc2)cc[n+]1C. The van der Waals surface area contributed by atoms with Crippen LogP contribution in [0.15, 0.2) is 77.5 Å². The molecule has 0 bridgehead atoms. The minimum atomic E-state index is 0.556. The molecule has 0 radical (unpaired) electrons. The summed E-state index contributed by atoms with van der Waals surface area (Å²) < 4.78 is 10.6. The number of aromatic nitrogens is 2. The van der Waals surface area contributed by atoms with Gasteiger partial charge in [0.15, 0.2) is 11.2 Å². The number of furan rings is 1. The van der Waals surface area contributed by atoms with Crippen molar-refractivity contribution < 1.29 is 8.98 Å². The molecule has 3 aromatic carbocycles. The molecule has 0 spiro atoms. The highest BCUT2D eigenvalue weighted by Gasteiger charge is 2.26. The monoisotopic (exact) mass is 364 g/mol. The highest BCUT2D eigenvalue weighted by atomic mass is 16.3. The van der Waals surface area contributed by atoms with E-state index in [4.69, 9.17) is 4.42 Å². The molecule has 134 valence electrons. The first kappa shape index (κ1) is 16.3. The smallest absolute Gasteiger partial charge is 0.297 e. The average Bonchev–Trinajstić information content (AvgIpc) is 3.29. The fourth-order valence-corrected chi connectivity index (χ4v) is 3.90. The number of para-hydroxylation sites is 2. The summed E-state index contributed by atoms with van der Waals surface area (Å²) >= 11 is 0. The van der Waals surface area contributed by atoms with E-state index >= 15 is 0 Å². The summed E-state index contributed by atoms with van der Waals surface area (Å²) in [5.74, 6) is 1.03. The Balaban J connectivity index is 1.90. The molecule has 28 heavy (non-hydrogen) atoms. The van der Waals surface area contributed by atoms with Crippen LogP contribution in [0.1, 0.15) is 11.1 Å². The van der Waals surface area contributed by atoms with E-state index in [1.54, 1.807) is 6.07 Å². The molecule has 2 aromatic heterocycles. The molecule has 0 aliphatic rings. The van der Waals surface area contributed by atoms with Gasteiger partial charge in [-0.1, -0.05) is 42.5 Å². The number of fused-ring (bicyclic) bond motifs is 3. The normalized spacial score (nSPS) is 11.2. The third-order valence-corrected chi connectivity index (χ3v) is 5.26. The van der Waals surface area contributed by atoms with Crippen LogP contribution >= 0.6 is 0 Å². The van der Waals surface area contributed by atoms with Gasteiger partial charge in [0.2, 0.25) is 0 Å². The zero-order valence-corrected chi connectivity index (χ0v) is 15.7. The van der Waals surface area contributed by atoms with E-state index in [1.807, 2.05) is 43.6 Å². The Hall–Kier alpha value is -3.84. The number of benzene rings is 3. The standard InChI is InChI=1S/C24H18N3O/c1-16-11-12-20-19-10-6-7-17(15-25)22(19)28-23(20)21(16)24-26(2)13-14-27(24)18-8-4-3-5-9-18/h3-14H,1-2H3/q+1. The second-order valence-corrected chi connectivity index (χ2v) is 6.97. The number of hydrogen-bond acceptors (Lipinski definition) is 2. The van der Waals surface area contributed by atoms with Crippen LogP contribution in [-0.4, -0.2) is 4.57 Å². The van der Waals surface area contributed by atoms with Crippen LogP contribution in [-0.2, 0) is 7.05 Å². The number of nitrogens with zero attached hydrogens (tertiary/aromatic N) is 3. The summed E-state index contributed by atoms with van der Waals surface area (Å²) in [6, 6.07) is 22.4. The van der Waals surface area contributed by atoms with Crippen LogP contribution in [0.25, 0.3) is 39.0 Å². The van der Waals surface area contributed by atoms with Gasteiger partial charge in [0.25, 0.3) is 5.82 Å². The van der Waals surface area contributed by atoms with Gasteiger partial charge in [0.1, 0.15) is 29.7 Å². The van der Waals surface area contributed by atoms with Crippen LogP contribution in [0.2, 0.25) is 0 Å². The van der Waals surface area contributed by atoms with Gasteiger partial charge in [0.05, 0.1) is 12.6 Å². The lowest BCUT2D eigenvalue weighted by Crippen LogP contribution is -2.29. The second kappa shape index (κ2) is 6.11. The Labute approximate surface area is 162 Å². The van der Waals surface area contributed by atoms with Gasteiger partial charge in [-0.2, -0.15) is 9.83 Å². The summed E-state index contributed by atoms with van der Waals surface area (Å²) in [6.07, 6.45) is 4.11. The van der Waals surface area contributed by atoms with Crippen molar-refractivity contribution in [2.75, 3.05) is 0 Å². The third-order valence-electron chi connectivity index (χ3n) is 5.26. The molecule has 5 rings (SSSR count).